The second-order valence-electron chi connectivity index (χ2n) is 14.5. The van der Waals surface area contributed by atoms with Gasteiger partial charge >= 0.3 is 6.09 Å². The van der Waals surface area contributed by atoms with Gasteiger partial charge in [0.25, 0.3) is 5.91 Å². The Morgan fingerprint density at radius 2 is 1.65 bits per heavy atom. The summed E-state index contributed by atoms with van der Waals surface area (Å²) in [5.74, 6) is -0.802. The van der Waals surface area contributed by atoms with Gasteiger partial charge in [0.15, 0.2) is 5.78 Å². The van der Waals surface area contributed by atoms with Crippen LogP contribution in [0.2, 0.25) is 0 Å². The average molecular weight is 624 g/mol. The summed E-state index contributed by atoms with van der Waals surface area (Å²) >= 11 is 0. The molecule has 1 aromatic carbocycles. The normalized spacial score (nSPS) is 18.7. The van der Waals surface area contributed by atoms with Gasteiger partial charge in [0.05, 0.1) is 29.4 Å². The summed E-state index contributed by atoms with van der Waals surface area (Å²) in [4.78, 5) is 64.9. The standard InChI is InChI=1S/C36H41N5O5/c1-35(2,3)26(18-31(42)29-16-22-10-7-8-11-27(22)38-29)32(43)40-20-25-17-24(40)21-41(25)33(44)28-14-13-23(19-37-28)30-12-9-15-39(30)34(45)46-36(4,5)6/h7-16,19,24-26,38H,17-18,20-21H2,1-6H3/t24-,25-,26+/m0/s1. The van der Waals surface area contributed by atoms with E-state index in [1.54, 1.807) is 36.7 Å². The zero-order valence-corrected chi connectivity index (χ0v) is 27.2. The highest BCUT2D eigenvalue weighted by Gasteiger charge is 2.50. The first-order chi connectivity index (χ1) is 21.7. The number of hydrogen-bond donors (Lipinski definition) is 1. The van der Waals surface area contributed by atoms with Crippen molar-refractivity contribution in [2.24, 2.45) is 11.3 Å². The lowest BCUT2D eigenvalue weighted by Gasteiger charge is -2.39. The molecule has 2 amide bonds. The molecule has 0 unspecified atom stereocenters. The van der Waals surface area contributed by atoms with Crippen molar-refractivity contribution in [1.82, 2.24) is 24.3 Å². The van der Waals surface area contributed by atoms with E-state index in [0.29, 0.717) is 42.2 Å². The minimum atomic E-state index is -0.633. The number of ketones is 1. The van der Waals surface area contributed by atoms with Crippen molar-refractivity contribution in [3.05, 3.63) is 78.4 Å². The third-order valence-corrected chi connectivity index (χ3v) is 8.97. The zero-order valence-electron chi connectivity index (χ0n) is 27.2. The first-order valence-electron chi connectivity index (χ1n) is 15.8. The van der Waals surface area contributed by atoms with Gasteiger partial charge in [-0.2, -0.15) is 0 Å². The van der Waals surface area contributed by atoms with Crippen molar-refractivity contribution in [2.75, 3.05) is 13.1 Å². The number of benzene rings is 1. The lowest BCUT2D eigenvalue weighted by molar-refractivity contribution is -0.141. The second kappa shape index (κ2) is 11.6. The van der Waals surface area contributed by atoms with Crippen LogP contribution in [-0.2, 0) is 9.53 Å². The largest absolute Gasteiger partial charge is 0.443 e. The van der Waals surface area contributed by atoms with E-state index < -0.39 is 23.0 Å². The highest BCUT2D eigenvalue weighted by molar-refractivity contribution is 6.01. The molecule has 5 heterocycles. The van der Waals surface area contributed by atoms with Crippen LogP contribution in [0.4, 0.5) is 4.79 Å². The molecule has 0 aliphatic carbocycles. The summed E-state index contributed by atoms with van der Waals surface area (Å²) in [5.41, 5.74) is 1.96. The molecule has 10 heteroatoms. The number of para-hydroxylation sites is 1. The fourth-order valence-corrected chi connectivity index (χ4v) is 6.57. The third kappa shape index (κ3) is 6.08. The maximum Gasteiger partial charge on any atom is 0.418 e. The average Bonchev–Trinajstić information content (AvgIpc) is 3.80. The molecular weight excluding hydrogens is 582 g/mol. The molecule has 10 nitrogen and oxygen atoms in total. The number of H-pyrrole nitrogens is 1. The van der Waals surface area contributed by atoms with E-state index in [0.717, 1.165) is 10.9 Å². The van der Waals surface area contributed by atoms with Crippen molar-refractivity contribution in [3.8, 4) is 11.3 Å². The fourth-order valence-electron chi connectivity index (χ4n) is 6.57. The van der Waals surface area contributed by atoms with Crippen molar-refractivity contribution < 1.29 is 23.9 Å². The lowest BCUT2D eigenvalue weighted by atomic mass is 9.76. The molecule has 2 aliphatic heterocycles. The number of pyridine rings is 1. The van der Waals surface area contributed by atoms with Gasteiger partial charge in [-0.15, -0.1) is 0 Å². The van der Waals surface area contributed by atoms with E-state index in [2.05, 4.69) is 9.97 Å². The molecule has 2 fully saturated rings. The first-order valence-corrected chi connectivity index (χ1v) is 15.8. The lowest BCUT2D eigenvalue weighted by Crippen LogP contribution is -2.53. The van der Waals surface area contributed by atoms with Crippen LogP contribution in [-0.4, -0.2) is 78.8 Å². The predicted octanol–water partition coefficient (Wildman–Crippen LogP) is 6.18. The molecule has 1 N–H and O–H groups in total. The predicted molar refractivity (Wildman–Crippen MR) is 174 cm³/mol. The van der Waals surface area contributed by atoms with Crippen LogP contribution in [0.1, 0.15) is 75.4 Å². The van der Waals surface area contributed by atoms with E-state index >= 15 is 0 Å². The molecule has 240 valence electrons. The maximum atomic E-state index is 14.0. The van der Waals surface area contributed by atoms with Crippen molar-refractivity contribution in [1.29, 1.82) is 0 Å². The van der Waals surface area contributed by atoms with Crippen LogP contribution >= 0.6 is 0 Å². The Kier molecular flexibility index (Phi) is 7.86. The molecule has 4 aromatic rings. The number of Topliss-reactive ketones (excluding diaryl/α,β-unsaturated/α-hetero) is 1. The van der Waals surface area contributed by atoms with Gasteiger partial charge < -0.3 is 19.5 Å². The Labute approximate surface area is 268 Å². The van der Waals surface area contributed by atoms with Gasteiger partial charge in [-0.05, 0) is 69.0 Å². The Bertz CT molecular complexity index is 1770. The number of ether oxygens (including phenoxy) is 1. The fraction of sp³-hybridized carbons (Fsp3) is 0.417. The Morgan fingerprint density at radius 1 is 0.935 bits per heavy atom. The summed E-state index contributed by atoms with van der Waals surface area (Å²) in [7, 11) is 0. The van der Waals surface area contributed by atoms with Gasteiger partial charge in [0.2, 0.25) is 5.91 Å². The molecule has 46 heavy (non-hydrogen) atoms. The van der Waals surface area contributed by atoms with E-state index in [4.69, 9.17) is 4.74 Å². The quantitative estimate of drug-likeness (QED) is 0.257. The van der Waals surface area contributed by atoms with E-state index in [9.17, 15) is 19.2 Å². The van der Waals surface area contributed by atoms with Crippen molar-refractivity contribution in [3.63, 3.8) is 0 Å². The molecule has 2 bridgehead atoms. The number of hydrogen-bond acceptors (Lipinski definition) is 6. The number of carbonyl (C=O) groups is 4. The smallest absolute Gasteiger partial charge is 0.418 e. The monoisotopic (exact) mass is 623 g/mol. The highest BCUT2D eigenvalue weighted by Crippen LogP contribution is 2.38. The Balaban J connectivity index is 1.11. The van der Waals surface area contributed by atoms with Crippen LogP contribution in [0.3, 0.4) is 0 Å². The van der Waals surface area contributed by atoms with E-state index in [1.165, 1.54) is 4.57 Å². The molecule has 0 radical (unpaired) electrons. The van der Waals surface area contributed by atoms with Crippen LogP contribution in [0.15, 0.2) is 67.0 Å². The Morgan fingerprint density at radius 3 is 2.28 bits per heavy atom. The van der Waals surface area contributed by atoms with Crippen LogP contribution in [0, 0.1) is 11.3 Å². The van der Waals surface area contributed by atoms with Gasteiger partial charge in [-0.25, -0.2) is 4.79 Å². The topological polar surface area (TPSA) is 118 Å². The highest BCUT2D eigenvalue weighted by atomic mass is 16.6. The number of amides is 2. The minimum Gasteiger partial charge on any atom is -0.443 e. The number of nitrogens with zero attached hydrogens (tertiary/aromatic N) is 4. The van der Waals surface area contributed by atoms with Gasteiger partial charge in [-0.1, -0.05) is 39.0 Å². The molecule has 2 aliphatic rings. The molecule has 3 atom stereocenters. The number of fused-ring (bicyclic) bond motifs is 3. The van der Waals surface area contributed by atoms with Gasteiger partial charge in [-0.3, -0.25) is 23.9 Å². The zero-order chi connectivity index (χ0) is 33.0. The third-order valence-electron chi connectivity index (χ3n) is 8.97. The summed E-state index contributed by atoms with van der Waals surface area (Å²) in [6, 6.07) is 16.4. The van der Waals surface area contributed by atoms with E-state index in [1.807, 2.05) is 81.7 Å². The van der Waals surface area contributed by atoms with Crippen molar-refractivity contribution in [2.45, 2.75) is 72.1 Å². The molecular formula is C36H41N5O5. The number of nitrogens with one attached hydrogen (secondary N) is 1. The summed E-state index contributed by atoms with van der Waals surface area (Å²) in [6.07, 6.45) is 3.55. The SMILES string of the molecule is CC(C)(C)OC(=O)n1cccc1-c1ccc(C(=O)N2C[C@@H]3C[C@H]2CN3C(=O)[C@@H](CC(=O)c2cc3ccccc3[nH]2)C(C)(C)C)nc1. The number of aromatic nitrogens is 3. The minimum absolute atomic E-state index is 0.0352. The van der Waals surface area contributed by atoms with Gasteiger partial charge in [0.1, 0.15) is 11.3 Å². The number of rotatable bonds is 6. The van der Waals surface area contributed by atoms with Crippen LogP contribution in [0.25, 0.3) is 22.2 Å². The molecule has 2 saturated heterocycles. The molecule has 3 aromatic heterocycles. The summed E-state index contributed by atoms with van der Waals surface area (Å²) in [5, 5.41) is 0.964. The van der Waals surface area contributed by atoms with Crippen molar-refractivity contribution >= 4 is 34.6 Å². The second-order valence-corrected chi connectivity index (χ2v) is 14.5. The molecule has 0 saturated carbocycles. The molecule has 0 spiro atoms. The Hall–Kier alpha value is -4.73. The molecule has 6 rings (SSSR count). The maximum absolute atomic E-state index is 14.0. The first kappa shape index (κ1) is 31.3. The van der Waals surface area contributed by atoms with Crippen LogP contribution < -0.4 is 0 Å². The van der Waals surface area contributed by atoms with Gasteiger partial charge in [0, 0.05) is 48.4 Å². The number of aromatic amines is 1. The summed E-state index contributed by atoms with van der Waals surface area (Å²) < 4.78 is 6.93. The number of likely N-dealkylation sites (tertiary alicyclic amines) is 2. The van der Waals surface area contributed by atoms with E-state index in [-0.39, 0.29) is 36.1 Å². The summed E-state index contributed by atoms with van der Waals surface area (Å²) in [6.45, 7) is 12.3. The number of carbonyl (C=O) groups excluding carboxylic acids is 4. The number of piperazine rings is 1. The van der Waals surface area contributed by atoms with Crippen LogP contribution in [0.5, 0.6) is 0 Å².